The van der Waals surface area contributed by atoms with E-state index in [1.54, 1.807) is 34.8 Å². The van der Waals surface area contributed by atoms with Gasteiger partial charge in [0.25, 0.3) is 5.91 Å². The number of anilines is 3. The van der Waals surface area contributed by atoms with Crippen LogP contribution >= 0.6 is 0 Å². The number of halogens is 1. The average molecular weight is 407 g/mol. The molecule has 3 N–H and O–H groups in total. The van der Waals surface area contributed by atoms with E-state index in [1.807, 2.05) is 6.07 Å². The number of amides is 3. The van der Waals surface area contributed by atoms with Gasteiger partial charge in [-0.1, -0.05) is 6.07 Å². The zero-order valence-electron chi connectivity index (χ0n) is 16.0. The molecule has 10 heteroatoms. The Balaban J connectivity index is 1.61. The summed E-state index contributed by atoms with van der Waals surface area (Å²) in [5, 5.41) is 12.5. The fraction of sp³-hybridized carbons (Fsp3) is 0.200. The standard InChI is InChI=1S/C20H18FN7O2/c1-27(14-4-2-3-12(21)8-14)16-9-17(23-13-5-6-13)28-18(25-16)11(10-22-28)7-15-19(29)26-20(30)24-15/h2-4,7-10,13,23H,5-6H2,1H3,(H2,24,26,29,30)/b15-7-. The van der Waals surface area contributed by atoms with Crippen LogP contribution in [0.3, 0.4) is 0 Å². The van der Waals surface area contributed by atoms with Crippen LogP contribution in [0.15, 0.2) is 42.2 Å². The lowest BCUT2D eigenvalue weighted by molar-refractivity contribution is -0.115. The molecule has 1 saturated carbocycles. The van der Waals surface area contributed by atoms with Crippen LogP contribution in [0.2, 0.25) is 0 Å². The largest absolute Gasteiger partial charge is 0.367 e. The molecule has 30 heavy (non-hydrogen) atoms. The number of hydrogen-bond donors (Lipinski definition) is 3. The van der Waals surface area contributed by atoms with Gasteiger partial charge in [0.2, 0.25) is 0 Å². The molecule has 152 valence electrons. The lowest BCUT2D eigenvalue weighted by Crippen LogP contribution is -2.22. The van der Waals surface area contributed by atoms with Crippen LogP contribution in [0.5, 0.6) is 0 Å². The molecule has 9 nitrogen and oxygen atoms in total. The number of aromatic nitrogens is 3. The molecule has 1 aliphatic carbocycles. The number of urea groups is 1. The molecule has 2 fully saturated rings. The second-order valence-electron chi connectivity index (χ2n) is 7.26. The van der Waals surface area contributed by atoms with Crippen LogP contribution < -0.4 is 20.9 Å². The smallest absolute Gasteiger partial charge is 0.326 e. The third-order valence-corrected chi connectivity index (χ3v) is 4.97. The number of carbonyl (C=O) groups excluding carboxylic acids is 2. The molecule has 5 rings (SSSR count). The van der Waals surface area contributed by atoms with E-state index in [9.17, 15) is 14.0 Å². The molecule has 2 aliphatic rings. The van der Waals surface area contributed by atoms with Crippen molar-refractivity contribution in [1.82, 2.24) is 25.2 Å². The number of benzene rings is 1. The van der Waals surface area contributed by atoms with Crippen molar-refractivity contribution in [2.75, 3.05) is 17.3 Å². The molecule has 0 spiro atoms. The van der Waals surface area contributed by atoms with E-state index in [0.29, 0.717) is 28.8 Å². The Hall–Kier alpha value is -3.95. The minimum Gasteiger partial charge on any atom is -0.367 e. The Morgan fingerprint density at radius 3 is 2.80 bits per heavy atom. The van der Waals surface area contributed by atoms with E-state index in [2.05, 4.69) is 21.0 Å². The second-order valence-corrected chi connectivity index (χ2v) is 7.26. The van der Waals surface area contributed by atoms with Gasteiger partial charge < -0.3 is 15.5 Å². The van der Waals surface area contributed by atoms with Crippen molar-refractivity contribution in [3.05, 3.63) is 53.6 Å². The number of imide groups is 1. The van der Waals surface area contributed by atoms with Crippen LogP contribution in [0.25, 0.3) is 11.7 Å². The molecule has 2 aromatic heterocycles. The highest BCUT2D eigenvalue weighted by Crippen LogP contribution is 2.30. The van der Waals surface area contributed by atoms with Gasteiger partial charge in [0.05, 0.1) is 6.20 Å². The lowest BCUT2D eigenvalue weighted by atomic mass is 10.2. The second kappa shape index (κ2) is 6.83. The Kier molecular flexibility index (Phi) is 4.12. The summed E-state index contributed by atoms with van der Waals surface area (Å²) in [4.78, 5) is 29.8. The first-order valence-corrected chi connectivity index (χ1v) is 9.46. The highest BCUT2D eigenvalue weighted by atomic mass is 19.1. The summed E-state index contributed by atoms with van der Waals surface area (Å²) in [6.07, 6.45) is 5.26. The maximum Gasteiger partial charge on any atom is 0.326 e. The molecule has 0 atom stereocenters. The van der Waals surface area contributed by atoms with Crippen molar-refractivity contribution < 1.29 is 14.0 Å². The van der Waals surface area contributed by atoms with Crippen LogP contribution in [0, 0.1) is 5.82 Å². The first kappa shape index (κ1) is 18.1. The summed E-state index contributed by atoms with van der Waals surface area (Å²) in [7, 11) is 1.80. The van der Waals surface area contributed by atoms with Gasteiger partial charge in [-0.3, -0.25) is 10.1 Å². The van der Waals surface area contributed by atoms with Gasteiger partial charge in [-0.05, 0) is 37.1 Å². The lowest BCUT2D eigenvalue weighted by Gasteiger charge is -2.20. The Morgan fingerprint density at radius 2 is 2.10 bits per heavy atom. The van der Waals surface area contributed by atoms with Crippen molar-refractivity contribution in [3.63, 3.8) is 0 Å². The average Bonchev–Trinajstić information content (AvgIpc) is 3.35. The first-order valence-electron chi connectivity index (χ1n) is 9.46. The van der Waals surface area contributed by atoms with E-state index in [1.165, 1.54) is 18.2 Å². The number of hydrogen-bond acceptors (Lipinski definition) is 6. The zero-order valence-corrected chi connectivity index (χ0v) is 16.0. The predicted molar refractivity (Wildman–Crippen MR) is 109 cm³/mol. The Labute approximate surface area is 170 Å². The molecule has 1 aliphatic heterocycles. The third kappa shape index (κ3) is 3.32. The molecule has 0 radical (unpaired) electrons. The topological polar surface area (TPSA) is 104 Å². The van der Waals surface area contributed by atoms with Gasteiger partial charge in [0.1, 0.15) is 23.1 Å². The summed E-state index contributed by atoms with van der Waals surface area (Å²) in [5.74, 6) is 0.472. The van der Waals surface area contributed by atoms with Crippen molar-refractivity contribution in [1.29, 1.82) is 0 Å². The fourth-order valence-electron chi connectivity index (χ4n) is 3.24. The number of rotatable bonds is 5. The minimum absolute atomic E-state index is 0.122. The number of nitrogens with zero attached hydrogens (tertiary/aromatic N) is 4. The van der Waals surface area contributed by atoms with E-state index < -0.39 is 11.9 Å². The molecular weight excluding hydrogens is 389 g/mol. The van der Waals surface area contributed by atoms with Crippen LogP contribution in [0.1, 0.15) is 18.4 Å². The van der Waals surface area contributed by atoms with Gasteiger partial charge in [-0.15, -0.1) is 0 Å². The summed E-state index contributed by atoms with van der Waals surface area (Å²) >= 11 is 0. The molecule has 3 heterocycles. The molecule has 0 bridgehead atoms. The highest BCUT2D eigenvalue weighted by Gasteiger charge is 2.25. The van der Waals surface area contributed by atoms with Crippen molar-refractivity contribution >= 4 is 41.0 Å². The summed E-state index contributed by atoms with van der Waals surface area (Å²) in [6.45, 7) is 0. The third-order valence-electron chi connectivity index (χ3n) is 4.97. The minimum atomic E-state index is -0.571. The zero-order chi connectivity index (χ0) is 20.8. The van der Waals surface area contributed by atoms with Gasteiger partial charge in [0.15, 0.2) is 5.65 Å². The first-order chi connectivity index (χ1) is 14.5. The maximum atomic E-state index is 13.7. The monoisotopic (exact) mass is 407 g/mol. The quantitative estimate of drug-likeness (QED) is 0.443. The molecule has 1 saturated heterocycles. The highest BCUT2D eigenvalue weighted by molar-refractivity contribution is 6.14. The van der Waals surface area contributed by atoms with Gasteiger partial charge in [0, 0.05) is 30.4 Å². The fourth-order valence-corrected chi connectivity index (χ4v) is 3.24. The number of carbonyl (C=O) groups is 2. The maximum absolute atomic E-state index is 13.7. The van der Waals surface area contributed by atoms with Gasteiger partial charge in [-0.2, -0.15) is 9.61 Å². The van der Waals surface area contributed by atoms with Crippen LogP contribution in [-0.2, 0) is 4.79 Å². The van der Waals surface area contributed by atoms with Gasteiger partial charge >= 0.3 is 6.03 Å². The van der Waals surface area contributed by atoms with Crippen molar-refractivity contribution in [2.24, 2.45) is 0 Å². The van der Waals surface area contributed by atoms with Crippen molar-refractivity contribution in [3.8, 4) is 0 Å². The molecule has 0 unspecified atom stereocenters. The van der Waals surface area contributed by atoms with E-state index in [0.717, 1.165) is 18.7 Å². The SMILES string of the molecule is CN(c1cccc(F)c1)c1cc(NC2CC2)n2ncc(/C=C3\NC(=O)NC3=O)c2n1. The van der Waals surface area contributed by atoms with E-state index in [4.69, 9.17) is 4.98 Å². The normalized spacial score (nSPS) is 17.3. The van der Waals surface area contributed by atoms with Crippen molar-refractivity contribution in [2.45, 2.75) is 18.9 Å². The molecule has 3 amide bonds. The van der Waals surface area contributed by atoms with Crippen LogP contribution in [-0.4, -0.2) is 39.6 Å². The molecule has 1 aromatic carbocycles. The number of fused-ring (bicyclic) bond motifs is 1. The Bertz CT molecular complexity index is 1220. The Morgan fingerprint density at radius 1 is 1.27 bits per heavy atom. The van der Waals surface area contributed by atoms with E-state index in [-0.39, 0.29) is 11.5 Å². The summed E-state index contributed by atoms with van der Waals surface area (Å²) in [5.41, 5.74) is 1.83. The predicted octanol–water partition coefficient (Wildman–Crippen LogP) is 2.39. The molecule has 3 aromatic rings. The molecular formula is C20H18FN7O2. The van der Waals surface area contributed by atoms with E-state index >= 15 is 0 Å². The summed E-state index contributed by atoms with van der Waals surface area (Å²) in [6, 6.07) is 7.89. The number of nitrogens with one attached hydrogen (secondary N) is 3. The summed E-state index contributed by atoms with van der Waals surface area (Å²) < 4.78 is 15.4. The van der Waals surface area contributed by atoms with Crippen LogP contribution in [0.4, 0.5) is 26.5 Å². The van der Waals surface area contributed by atoms with Gasteiger partial charge in [-0.25, -0.2) is 14.2 Å².